The summed E-state index contributed by atoms with van der Waals surface area (Å²) in [4.78, 5) is 20.8. The van der Waals surface area contributed by atoms with Crippen molar-refractivity contribution in [2.45, 2.75) is 13.3 Å². The molecular weight excluding hydrogens is 248 g/mol. The number of thiazole rings is 1. The Morgan fingerprint density at radius 2 is 2.44 bits per heavy atom. The quantitative estimate of drug-likeness (QED) is 0.893. The van der Waals surface area contributed by atoms with Crippen LogP contribution in [0.1, 0.15) is 23.0 Å². The molecule has 0 aliphatic carbocycles. The highest BCUT2D eigenvalue weighted by Gasteiger charge is 2.34. The number of likely N-dealkylation sites (tertiary alicyclic amines) is 1. The molecule has 6 heteroatoms. The first-order chi connectivity index (χ1) is 8.39. The molecule has 100 valence electrons. The number of aromatic nitrogens is 1. The molecular formula is C12H20N4OS. The Bertz CT molecular complexity index is 447. The van der Waals surface area contributed by atoms with E-state index in [1.54, 1.807) is 11.1 Å². The first-order valence-electron chi connectivity index (χ1n) is 6.05. The van der Waals surface area contributed by atoms with E-state index in [1.165, 1.54) is 11.3 Å². The van der Waals surface area contributed by atoms with Crippen LogP contribution in [0.5, 0.6) is 0 Å². The molecule has 0 aromatic carbocycles. The summed E-state index contributed by atoms with van der Waals surface area (Å²) in [5.74, 6) is 0.0139. The molecule has 2 heterocycles. The Morgan fingerprint density at radius 3 is 2.94 bits per heavy atom. The van der Waals surface area contributed by atoms with Crippen molar-refractivity contribution in [1.82, 2.24) is 14.8 Å². The van der Waals surface area contributed by atoms with Gasteiger partial charge in [0, 0.05) is 20.1 Å². The van der Waals surface area contributed by atoms with Crippen molar-refractivity contribution in [2.75, 3.05) is 39.5 Å². The van der Waals surface area contributed by atoms with Gasteiger partial charge in [0.1, 0.15) is 4.88 Å². The van der Waals surface area contributed by atoms with Crippen molar-refractivity contribution < 1.29 is 4.79 Å². The average Bonchev–Trinajstić information content (AvgIpc) is 2.84. The first-order valence-corrected chi connectivity index (χ1v) is 6.87. The van der Waals surface area contributed by atoms with Gasteiger partial charge in [-0.1, -0.05) is 18.3 Å². The van der Waals surface area contributed by atoms with Gasteiger partial charge in [-0.05, 0) is 25.4 Å². The minimum Gasteiger partial charge on any atom is -0.375 e. The third-order valence-electron chi connectivity index (χ3n) is 3.45. The van der Waals surface area contributed by atoms with Crippen LogP contribution in [0.25, 0.3) is 0 Å². The Labute approximate surface area is 112 Å². The van der Waals surface area contributed by atoms with E-state index in [-0.39, 0.29) is 11.3 Å². The summed E-state index contributed by atoms with van der Waals surface area (Å²) in [6.07, 6.45) is 2.69. The van der Waals surface area contributed by atoms with E-state index in [0.717, 1.165) is 26.1 Å². The maximum Gasteiger partial charge on any atom is 0.265 e. The van der Waals surface area contributed by atoms with Crippen LogP contribution in [0, 0.1) is 5.41 Å². The van der Waals surface area contributed by atoms with Crippen LogP contribution in [0.2, 0.25) is 0 Å². The normalized spacial score (nSPS) is 24.4. The molecule has 1 aromatic rings. The van der Waals surface area contributed by atoms with Crippen molar-refractivity contribution in [3.8, 4) is 0 Å². The molecule has 1 fully saturated rings. The summed E-state index contributed by atoms with van der Waals surface area (Å²) >= 11 is 1.25. The van der Waals surface area contributed by atoms with Crippen LogP contribution >= 0.6 is 11.3 Å². The Kier molecular flexibility index (Phi) is 3.59. The van der Waals surface area contributed by atoms with Gasteiger partial charge < -0.3 is 15.5 Å². The monoisotopic (exact) mass is 268 g/mol. The molecule has 1 saturated heterocycles. The minimum atomic E-state index is 0.0139. The van der Waals surface area contributed by atoms with Crippen LogP contribution in [-0.4, -0.2) is 54.4 Å². The van der Waals surface area contributed by atoms with E-state index >= 15 is 0 Å². The molecule has 1 atom stereocenters. The van der Waals surface area contributed by atoms with E-state index in [9.17, 15) is 4.79 Å². The Hall–Kier alpha value is -1.14. The van der Waals surface area contributed by atoms with Crippen LogP contribution < -0.4 is 5.73 Å². The van der Waals surface area contributed by atoms with Gasteiger partial charge in [0.25, 0.3) is 5.91 Å². The van der Waals surface area contributed by atoms with E-state index in [1.807, 2.05) is 7.05 Å². The molecule has 1 amide bonds. The van der Waals surface area contributed by atoms with Gasteiger partial charge in [0.2, 0.25) is 0 Å². The van der Waals surface area contributed by atoms with Gasteiger partial charge in [-0.15, -0.1) is 0 Å². The highest BCUT2D eigenvalue weighted by molar-refractivity contribution is 7.17. The summed E-state index contributed by atoms with van der Waals surface area (Å²) < 4.78 is 0. The lowest BCUT2D eigenvalue weighted by atomic mass is 9.89. The van der Waals surface area contributed by atoms with Crippen molar-refractivity contribution >= 4 is 22.4 Å². The number of hydrogen-bond acceptors (Lipinski definition) is 5. The van der Waals surface area contributed by atoms with Gasteiger partial charge >= 0.3 is 0 Å². The maximum atomic E-state index is 12.2. The second-order valence-corrected chi connectivity index (χ2v) is 6.58. The standard InChI is InChI=1S/C12H20N4OS/c1-12(4-5-15(2)7-12)8-16(3)10(17)9-6-14-11(13)18-9/h6H,4-5,7-8H2,1-3H3,(H2,13,14)/t12-/m1/s1. The number of hydrogen-bond donors (Lipinski definition) is 1. The second kappa shape index (κ2) is 4.85. The molecule has 0 unspecified atom stereocenters. The van der Waals surface area contributed by atoms with E-state index in [4.69, 9.17) is 5.73 Å². The number of carbonyl (C=O) groups excluding carboxylic acids is 1. The van der Waals surface area contributed by atoms with Gasteiger partial charge in [-0.3, -0.25) is 4.79 Å². The second-order valence-electron chi connectivity index (χ2n) is 5.52. The van der Waals surface area contributed by atoms with E-state index in [2.05, 4.69) is 23.9 Å². The molecule has 0 bridgehead atoms. The number of rotatable bonds is 3. The fourth-order valence-corrected chi connectivity index (χ4v) is 3.30. The summed E-state index contributed by atoms with van der Waals surface area (Å²) in [7, 11) is 3.97. The highest BCUT2D eigenvalue weighted by atomic mass is 32.1. The zero-order valence-electron chi connectivity index (χ0n) is 11.1. The summed E-state index contributed by atoms with van der Waals surface area (Å²) in [6, 6.07) is 0. The smallest absolute Gasteiger partial charge is 0.265 e. The number of nitrogens with two attached hydrogens (primary N) is 1. The van der Waals surface area contributed by atoms with Gasteiger partial charge in [0.15, 0.2) is 5.13 Å². The fourth-order valence-electron chi connectivity index (χ4n) is 2.62. The fraction of sp³-hybridized carbons (Fsp3) is 0.667. The molecule has 2 N–H and O–H groups in total. The molecule has 1 aromatic heterocycles. The highest BCUT2D eigenvalue weighted by Crippen LogP contribution is 2.30. The van der Waals surface area contributed by atoms with Crippen LogP contribution in [0.15, 0.2) is 6.20 Å². The lowest BCUT2D eigenvalue weighted by Gasteiger charge is -2.29. The van der Waals surface area contributed by atoms with Crippen molar-refractivity contribution in [3.05, 3.63) is 11.1 Å². The topological polar surface area (TPSA) is 62.5 Å². The molecule has 0 spiro atoms. The molecule has 0 saturated carbocycles. The molecule has 1 aliphatic heterocycles. The number of nitrogen functional groups attached to an aromatic ring is 1. The maximum absolute atomic E-state index is 12.2. The zero-order valence-corrected chi connectivity index (χ0v) is 12.0. The predicted molar refractivity (Wildman–Crippen MR) is 73.7 cm³/mol. The molecule has 2 rings (SSSR count). The van der Waals surface area contributed by atoms with Gasteiger partial charge in [-0.25, -0.2) is 4.98 Å². The summed E-state index contributed by atoms with van der Waals surface area (Å²) in [5.41, 5.74) is 5.74. The third kappa shape index (κ3) is 2.81. The average molecular weight is 268 g/mol. The van der Waals surface area contributed by atoms with Crippen LogP contribution in [-0.2, 0) is 0 Å². The summed E-state index contributed by atoms with van der Waals surface area (Å²) in [5, 5.41) is 0.443. The molecule has 0 radical (unpaired) electrons. The van der Waals surface area contributed by atoms with Crippen molar-refractivity contribution in [2.24, 2.45) is 5.41 Å². The minimum absolute atomic E-state index is 0.0139. The van der Waals surface area contributed by atoms with Crippen LogP contribution in [0.4, 0.5) is 5.13 Å². The van der Waals surface area contributed by atoms with Crippen molar-refractivity contribution in [3.63, 3.8) is 0 Å². The third-order valence-corrected chi connectivity index (χ3v) is 4.26. The number of nitrogens with zero attached hydrogens (tertiary/aromatic N) is 3. The molecule has 18 heavy (non-hydrogen) atoms. The number of amides is 1. The van der Waals surface area contributed by atoms with Gasteiger partial charge in [0.05, 0.1) is 6.20 Å². The predicted octanol–water partition coefficient (Wildman–Crippen LogP) is 1.14. The Morgan fingerprint density at radius 1 is 1.72 bits per heavy atom. The molecule has 5 nitrogen and oxygen atoms in total. The largest absolute Gasteiger partial charge is 0.375 e. The van der Waals surface area contributed by atoms with Crippen LogP contribution in [0.3, 0.4) is 0 Å². The van der Waals surface area contributed by atoms with Gasteiger partial charge in [-0.2, -0.15) is 0 Å². The first kappa shape index (κ1) is 13.3. The van der Waals surface area contributed by atoms with E-state index in [0.29, 0.717) is 10.0 Å². The lowest BCUT2D eigenvalue weighted by Crippen LogP contribution is -2.38. The molecule has 1 aliphatic rings. The number of anilines is 1. The Balaban J connectivity index is 2.00. The van der Waals surface area contributed by atoms with Crippen molar-refractivity contribution in [1.29, 1.82) is 0 Å². The SMILES string of the molecule is CN1CC[C@@](C)(CN(C)C(=O)c2cnc(N)s2)C1. The number of carbonyl (C=O) groups is 1. The zero-order chi connectivity index (χ0) is 13.3. The van der Waals surface area contributed by atoms with E-state index < -0.39 is 0 Å². The lowest BCUT2D eigenvalue weighted by molar-refractivity contribution is 0.0735. The summed E-state index contributed by atoms with van der Waals surface area (Å²) in [6.45, 7) is 5.15.